The Morgan fingerprint density at radius 3 is 2.68 bits per heavy atom. The summed E-state index contributed by atoms with van der Waals surface area (Å²) >= 11 is 0. The SMILES string of the molecule is CCCCOc1ccc(CNC(=O)Cn2ccc3c(C)nn(C)c3c2=O)cc1. The van der Waals surface area contributed by atoms with Gasteiger partial charge in [-0.2, -0.15) is 5.10 Å². The Balaban J connectivity index is 1.59. The molecular weight excluding hydrogens is 356 g/mol. The molecule has 0 saturated heterocycles. The van der Waals surface area contributed by atoms with E-state index >= 15 is 0 Å². The number of benzene rings is 1. The lowest BCUT2D eigenvalue weighted by Gasteiger charge is -2.09. The molecule has 148 valence electrons. The van der Waals surface area contributed by atoms with E-state index in [1.807, 2.05) is 37.3 Å². The number of nitrogens with zero attached hydrogens (tertiary/aromatic N) is 3. The number of ether oxygens (including phenoxy) is 1. The average molecular weight is 382 g/mol. The van der Waals surface area contributed by atoms with Gasteiger partial charge in [0, 0.05) is 25.2 Å². The Kier molecular flexibility index (Phi) is 6.13. The Morgan fingerprint density at radius 2 is 1.96 bits per heavy atom. The summed E-state index contributed by atoms with van der Waals surface area (Å²) in [6.45, 7) is 5.06. The lowest BCUT2D eigenvalue weighted by atomic mass is 10.2. The number of aryl methyl sites for hydroxylation is 2. The van der Waals surface area contributed by atoms with E-state index in [1.54, 1.807) is 17.9 Å². The standard InChI is InChI=1S/C21H26N4O3/c1-4-5-12-28-17-8-6-16(7-9-17)13-22-19(26)14-25-11-10-18-15(2)23-24(3)20(18)21(25)27/h6-11H,4-5,12-14H2,1-3H3,(H,22,26). The van der Waals surface area contributed by atoms with Gasteiger partial charge in [-0.05, 0) is 37.1 Å². The molecule has 0 atom stereocenters. The Bertz CT molecular complexity index is 1020. The predicted octanol–water partition coefficient (Wildman–Crippen LogP) is 2.54. The first-order valence-electron chi connectivity index (χ1n) is 9.50. The number of carbonyl (C=O) groups excluding carboxylic acids is 1. The molecule has 1 amide bonds. The van der Waals surface area contributed by atoms with Gasteiger partial charge in [-0.1, -0.05) is 25.5 Å². The molecular formula is C21H26N4O3. The molecule has 7 nitrogen and oxygen atoms in total. The number of nitrogens with one attached hydrogen (secondary N) is 1. The second-order valence-corrected chi connectivity index (χ2v) is 6.84. The van der Waals surface area contributed by atoms with E-state index in [9.17, 15) is 9.59 Å². The number of hydrogen-bond donors (Lipinski definition) is 1. The van der Waals surface area contributed by atoms with Crippen molar-refractivity contribution in [3.05, 3.63) is 58.1 Å². The van der Waals surface area contributed by atoms with Gasteiger partial charge in [0.15, 0.2) is 0 Å². The maximum absolute atomic E-state index is 12.6. The summed E-state index contributed by atoms with van der Waals surface area (Å²) in [7, 11) is 1.73. The smallest absolute Gasteiger partial charge is 0.277 e. The largest absolute Gasteiger partial charge is 0.494 e. The lowest BCUT2D eigenvalue weighted by Crippen LogP contribution is -2.32. The van der Waals surface area contributed by atoms with Crippen LogP contribution in [-0.4, -0.2) is 26.9 Å². The molecule has 3 rings (SSSR count). The zero-order valence-electron chi connectivity index (χ0n) is 16.6. The molecule has 0 aliphatic heterocycles. The van der Waals surface area contributed by atoms with E-state index in [1.165, 1.54) is 4.57 Å². The van der Waals surface area contributed by atoms with Crippen LogP contribution in [0, 0.1) is 6.92 Å². The maximum Gasteiger partial charge on any atom is 0.277 e. The number of aromatic nitrogens is 3. The van der Waals surface area contributed by atoms with Crippen molar-refractivity contribution in [3.63, 3.8) is 0 Å². The highest BCUT2D eigenvalue weighted by atomic mass is 16.5. The molecule has 3 aromatic rings. The summed E-state index contributed by atoms with van der Waals surface area (Å²) < 4.78 is 8.60. The van der Waals surface area contributed by atoms with Gasteiger partial charge in [-0.15, -0.1) is 0 Å². The highest BCUT2D eigenvalue weighted by Crippen LogP contribution is 2.13. The number of rotatable bonds is 8. The van der Waals surface area contributed by atoms with Crippen molar-refractivity contribution in [1.82, 2.24) is 19.7 Å². The zero-order valence-corrected chi connectivity index (χ0v) is 16.6. The second-order valence-electron chi connectivity index (χ2n) is 6.84. The predicted molar refractivity (Wildman–Crippen MR) is 108 cm³/mol. The van der Waals surface area contributed by atoms with Crippen molar-refractivity contribution in [2.75, 3.05) is 6.61 Å². The molecule has 0 fully saturated rings. The number of fused-ring (bicyclic) bond motifs is 1. The van der Waals surface area contributed by atoms with E-state index in [-0.39, 0.29) is 18.0 Å². The summed E-state index contributed by atoms with van der Waals surface area (Å²) in [4.78, 5) is 24.9. The van der Waals surface area contributed by atoms with Gasteiger partial charge < -0.3 is 14.6 Å². The summed E-state index contributed by atoms with van der Waals surface area (Å²) in [5.41, 5.74) is 2.06. The molecule has 0 bridgehead atoms. The van der Waals surface area contributed by atoms with Crippen LogP contribution in [0.4, 0.5) is 0 Å². The molecule has 0 aliphatic carbocycles. The van der Waals surface area contributed by atoms with Gasteiger partial charge in [0.25, 0.3) is 5.56 Å². The quantitative estimate of drug-likeness (QED) is 0.607. The minimum atomic E-state index is -0.219. The number of unbranched alkanes of at least 4 members (excludes halogenated alkanes) is 1. The van der Waals surface area contributed by atoms with E-state index in [4.69, 9.17) is 4.74 Å². The molecule has 0 spiro atoms. The van der Waals surface area contributed by atoms with Crippen molar-refractivity contribution in [3.8, 4) is 5.75 Å². The second kappa shape index (κ2) is 8.73. The normalized spacial score (nSPS) is 11.0. The van der Waals surface area contributed by atoms with Gasteiger partial charge in [0.05, 0.1) is 12.3 Å². The molecule has 0 saturated carbocycles. The number of carbonyl (C=O) groups is 1. The van der Waals surface area contributed by atoms with Crippen molar-refractivity contribution >= 4 is 16.8 Å². The van der Waals surface area contributed by atoms with Crippen LogP contribution in [0.1, 0.15) is 31.0 Å². The molecule has 0 radical (unpaired) electrons. The highest BCUT2D eigenvalue weighted by molar-refractivity contribution is 5.81. The fraction of sp³-hybridized carbons (Fsp3) is 0.381. The zero-order chi connectivity index (χ0) is 20.1. The third kappa shape index (κ3) is 4.42. The third-order valence-electron chi connectivity index (χ3n) is 4.65. The fourth-order valence-electron chi connectivity index (χ4n) is 3.07. The van der Waals surface area contributed by atoms with Crippen molar-refractivity contribution in [2.45, 2.75) is 39.8 Å². The molecule has 1 N–H and O–H groups in total. The Morgan fingerprint density at radius 1 is 1.21 bits per heavy atom. The number of hydrogen-bond acceptors (Lipinski definition) is 4. The summed E-state index contributed by atoms with van der Waals surface area (Å²) in [5, 5.41) is 7.93. The molecule has 2 aromatic heterocycles. The minimum Gasteiger partial charge on any atom is -0.494 e. The van der Waals surface area contributed by atoms with Gasteiger partial charge in [-0.3, -0.25) is 14.3 Å². The summed E-state index contributed by atoms with van der Waals surface area (Å²) in [6, 6.07) is 9.49. The van der Waals surface area contributed by atoms with Crippen LogP contribution in [0.25, 0.3) is 10.9 Å². The topological polar surface area (TPSA) is 78.2 Å². The van der Waals surface area contributed by atoms with Crippen LogP contribution in [0.5, 0.6) is 5.75 Å². The van der Waals surface area contributed by atoms with E-state index < -0.39 is 0 Å². The Labute approximate surface area is 163 Å². The van der Waals surface area contributed by atoms with Crippen LogP contribution >= 0.6 is 0 Å². The molecule has 28 heavy (non-hydrogen) atoms. The van der Waals surface area contributed by atoms with E-state index in [2.05, 4.69) is 17.3 Å². The number of amides is 1. The highest BCUT2D eigenvalue weighted by Gasteiger charge is 2.12. The summed E-state index contributed by atoms with van der Waals surface area (Å²) in [6.07, 6.45) is 3.77. The minimum absolute atomic E-state index is 0.0305. The average Bonchev–Trinajstić information content (AvgIpc) is 2.98. The van der Waals surface area contributed by atoms with Gasteiger partial charge >= 0.3 is 0 Å². The van der Waals surface area contributed by atoms with Crippen LogP contribution in [0.15, 0.2) is 41.3 Å². The fourth-order valence-corrected chi connectivity index (χ4v) is 3.07. The van der Waals surface area contributed by atoms with Crippen molar-refractivity contribution in [2.24, 2.45) is 7.05 Å². The van der Waals surface area contributed by atoms with Gasteiger partial charge in [0.2, 0.25) is 5.91 Å². The van der Waals surface area contributed by atoms with Crippen molar-refractivity contribution in [1.29, 1.82) is 0 Å². The number of pyridine rings is 1. The van der Waals surface area contributed by atoms with Crippen LogP contribution in [0.2, 0.25) is 0 Å². The third-order valence-corrected chi connectivity index (χ3v) is 4.65. The molecule has 2 heterocycles. The Hall–Kier alpha value is -3.09. The van der Waals surface area contributed by atoms with Crippen LogP contribution < -0.4 is 15.6 Å². The van der Waals surface area contributed by atoms with Crippen LogP contribution in [-0.2, 0) is 24.9 Å². The van der Waals surface area contributed by atoms with Gasteiger partial charge in [-0.25, -0.2) is 0 Å². The molecule has 7 heteroatoms. The first kappa shape index (κ1) is 19.7. The molecule has 1 aromatic carbocycles. The van der Waals surface area contributed by atoms with Crippen molar-refractivity contribution < 1.29 is 9.53 Å². The first-order valence-corrected chi connectivity index (χ1v) is 9.50. The van der Waals surface area contributed by atoms with E-state index in [0.717, 1.165) is 35.2 Å². The van der Waals surface area contributed by atoms with E-state index in [0.29, 0.717) is 18.7 Å². The lowest BCUT2D eigenvalue weighted by molar-refractivity contribution is -0.121. The van der Waals surface area contributed by atoms with Gasteiger partial charge in [0.1, 0.15) is 17.8 Å². The molecule has 0 unspecified atom stereocenters. The monoisotopic (exact) mass is 382 g/mol. The summed E-state index contributed by atoms with van der Waals surface area (Å²) in [5.74, 6) is 0.610. The van der Waals surface area contributed by atoms with Crippen LogP contribution in [0.3, 0.4) is 0 Å². The first-order chi connectivity index (χ1) is 13.5. The maximum atomic E-state index is 12.6. The molecule has 0 aliphatic rings.